The van der Waals surface area contributed by atoms with Crippen molar-refractivity contribution < 1.29 is 18.7 Å². The van der Waals surface area contributed by atoms with Gasteiger partial charge in [-0.3, -0.25) is 9.80 Å². The van der Waals surface area contributed by atoms with Crippen LogP contribution in [-0.2, 0) is 20.9 Å². The average Bonchev–Trinajstić information content (AvgIpc) is 3.06. The molecule has 2 aromatic rings. The van der Waals surface area contributed by atoms with Gasteiger partial charge in [-0.1, -0.05) is 23.7 Å². The predicted octanol–water partition coefficient (Wildman–Crippen LogP) is 2.64. The minimum absolute atomic E-state index is 0.0150. The maximum Gasteiger partial charge on any atom is 0.354 e. The Morgan fingerprint density at radius 1 is 1.27 bits per heavy atom. The molecule has 0 aromatic heterocycles. The van der Waals surface area contributed by atoms with Crippen molar-refractivity contribution in [3.63, 3.8) is 0 Å². The van der Waals surface area contributed by atoms with Crippen molar-refractivity contribution in [2.75, 3.05) is 5.01 Å². The number of carbonyl (C=O) groups is 2. The Labute approximate surface area is 154 Å². The van der Waals surface area contributed by atoms with Crippen LogP contribution in [0.15, 0.2) is 53.6 Å². The lowest BCUT2D eigenvalue weighted by Gasteiger charge is -2.20. The van der Waals surface area contributed by atoms with E-state index < -0.39 is 23.7 Å². The second kappa shape index (κ2) is 7.53. The van der Waals surface area contributed by atoms with Gasteiger partial charge in [0, 0.05) is 11.4 Å². The summed E-state index contributed by atoms with van der Waals surface area (Å²) in [7, 11) is 0. The number of nitrogens with zero attached hydrogens (tertiary/aromatic N) is 2. The molecule has 2 aromatic carbocycles. The summed E-state index contributed by atoms with van der Waals surface area (Å²) in [5.41, 5.74) is 6.65. The molecule has 0 fully saturated rings. The Bertz CT molecular complexity index is 870. The van der Waals surface area contributed by atoms with E-state index in [4.69, 9.17) is 22.1 Å². The molecule has 0 radical (unpaired) electrons. The molecule has 1 atom stereocenters. The van der Waals surface area contributed by atoms with E-state index in [0.717, 1.165) is 5.56 Å². The molecule has 3 rings (SSSR count). The Morgan fingerprint density at radius 3 is 2.65 bits per heavy atom. The molecule has 0 saturated heterocycles. The lowest BCUT2D eigenvalue weighted by atomic mass is 10.1. The fourth-order valence-electron chi connectivity index (χ4n) is 2.55. The van der Waals surface area contributed by atoms with Crippen molar-refractivity contribution in [2.45, 2.75) is 19.1 Å². The van der Waals surface area contributed by atoms with Crippen LogP contribution in [0.1, 0.15) is 12.0 Å². The van der Waals surface area contributed by atoms with Crippen LogP contribution in [0, 0.1) is 5.82 Å². The minimum Gasteiger partial charge on any atom is -0.456 e. The Balaban J connectivity index is 1.74. The first kappa shape index (κ1) is 17.9. The Morgan fingerprint density at radius 2 is 2.00 bits per heavy atom. The number of esters is 1. The number of primary amides is 1. The van der Waals surface area contributed by atoms with Gasteiger partial charge in [0.15, 0.2) is 0 Å². The third-order valence-corrected chi connectivity index (χ3v) is 4.06. The van der Waals surface area contributed by atoms with Crippen molar-refractivity contribution in [3.8, 4) is 0 Å². The number of amides is 1. The summed E-state index contributed by atoms with van der Waals surface area (Å²) >= 11 is 5.89. The number of anilines is 1. The predicted molar refractivity (Wildman–Crippen MR) is 95.2 cm³/mol. The zero-order valence-electron chi connectivity index (χ0n) is 13.6. The highest BCUT2D eigenvalue weighted by Gasteiger charge is 2.35. The van der Waals surface area contributed by atoms with Crippen LogP contribution in [0.3, 0.4) is 0 Å². The van der Waals surface area contributed by atoms with Gasteiger partial charge in [-0.25, -0.2) is 9.18 Å². The number of hydrogen-bond acceptors (Lipinski definition) is 5. The van der Waals surface area contributed by atoms with Gasteiger partial charge in [-0.15, -0.1) is 0 Å². The summed E-state index contributed by atoms with van der Waals surface area (Å²) in [5, 5.41) is 5.99. The van der Waals surface area contributed by atoms with Crippen LogP contribution in [0.25, 0.3) is 0 Å². The highest BCUT2D eigenvalue weighted by atomic mass is 35.5. The molecule has 6 nitrogen and oxygen atoms in total. The highest BCUT2D eigenvalue weighted by Crippen LogP contribution is 2.25. The second-order valence-corrected chi connectivity index (χ2v) is 6.13. The summed E-state index contributed by atoms with van der Waals surface area (Å²) in [5.74, 6) is -1.72. The van der Waals surface area contributed by atoms with Crippen molar-refractivity contribution in [3.05, 3.63) is 64.9 Å². The van der Waals surface area contributed by atoms with Crippen molar-refractivity contribution in [1.82, 2.24) is 0 Å². The smallest absolute Gasteiger partial charge is 0.354 e. The fraction of sp³-hybridized carbons (Fsp3) is 0.167. The summed E-state index contributed by atoms with van der Waals surface area (Å²) in [6, 6.07) is 11.5. The molecule has 2 N–H and O–H groups in total. The van der Waals surface area contributed by atoms with E-state index in [1.165, 1.54) is 29.3 Å². The van der Waals surface area contributed by atoms with E-state index in [2.05, 4.69) is 5.10 Å². The number of hydrogen-bond donors (Lipinski definition) is 1. The number of benzene rings is 2. The molecule has 26 heavy (non-hydrogen) atoms. The zero-order valence-corrected chi connectivity index (χ0v) is 14.3. The summed E-state index contributed by atoms with van der Waals surface area (Å²) in [4.78, 5) is 24.0. The number of halogens is 2. The normalized spacial score (nSPS) is 16.3. The second-order valence-electron chi connectivity index (χ2n) is 5.70. The number of carbonyl (C=O) groups excluding carboxylic acids is 2. The van der Waals surface area contributed by atoms with Gasteiger partial charge in [-0.2, -0.15) is 5.10 Å². The van der Waals surface area contributed by atoms with Crippen LogP contribution in [0.5, 0.6) is 0 Å². The molecule has 1 heterocycles. The van der Waals surface area contributed by atoms with Crippen molar-refractivity contribution in [2.24, 2.45) is 10.8 Å². The maximum atomic E-state index is 13.1. The highest BCUT2D eigenvalue weighted by molar-refractivity contribution is 6.38. The number of ether oxygens (including phenoxy) is 1. The van der Waals surface area contributed by atoms with Gasteiger partial charge >= 0.3 is 5.97 Å². The third kappa shape index (κ3) is 4.00. The van der Waals surface area contributed by atoms with Crippen molar-refractivity contribution >= 4 is 34.9 Å². The van der Waals surface area contributed by atoms with Gasteiger partial charge in [0.1, 0.15) is 24.2 Å². The first-order chi connectivity index (χ1) is 12.4. The van der Waals surface area contributed by atoms with Gasteiger partial charge in [0.25, 0.3) is 0 Å². The minimum atomic E-state index is -0.839. The molecular formula is C18H15ClFN3O3. The molecule has 1 amide bonds. The van der Waals surface area contributed by atoms with Gasteiger partial charge in [-0.05, 0) is 42.0 Å². The molecule has 8 heteroatoms. The summed E-state index contributed by atoms with van der Waals surface area (Å²) in [6.45, 7) is 0.0240. The third-order valence-electron chi connectivity index (χ3n) is 3.82. The Hall–Kier alpha value is -2.93. The molecule has 0 saturated carbocycles. The van der Waals surface area contributed by atoms with Crippen LogP contribution in [-0.4, -0.2) is 23.6 Å². The lowest BCUT2D eigenvalue weighted by molar-refractivity contribution is -0.136. The summed E-state index contributed by atoms with van der Waals surface area (Å²) < 4.78 is 18.3. The van der Waals surface area contributed by atoms with Crippen molar-refractivity contribution in [1.29, 1.82) is 0 Å². The number of nitrogens with two attached hydrogens (primary N) is 1. The fourth-order valence-corrected chi connectivity index (χ4v) is 2.76. The molecule has 134 valence electrons. The molecule has 1 aliphatic heterocycles. The Kier molecular flexibility index (Phi) is 5.18. The molecule has 1 aliphatic rings. The van der Waals surface area contributed by atoms with Gasteiger partial charge < -0.3 is 10.5 Å². The van der Waals surface area contributed by atoms with E-state index >= 15 is 0 Å². The monoisotopic (exact) mass is 375 g/mol. The largest absolute Gasteiger partial charge is 0.456 e. The number of hydrazone groups is 1. The maximum absolute atomic E-state index is 13.1. The molecular weight excluding hydrogens is 361 g/mol. The first-order valence-corrected chi connectivity index (χ1v) is 8.15. The van der Waals surface area contributed by atoms with E-state index in [9.17, 15) is 14.0 Å². The van der Waals surface area contributed by atoms with E-state index in [1.807, 2.05) is 0 Å². The first-order valence-electron chi connectivity index (χ1n) is 7.77. The van der Waals surface area contributed by atoms with Crippen LogP contribution < -0.4 is 10.7 Å². The number of rotatable bonds is 5. The standard InChI is InChI=1S/C18H15ClFN3O3/c19-12-3-1-2-11(8-12)10-26-18(25)15-9-16(17(21)24)23(22-15)14-6-4-13(20)5-7-14/h1-8,16H,9-10H2,(H2,21,24)/t16-/m0/s1. The topological polar surface area (TPSA) is 85.0 Å². The van der Waals surface area contributed by atoms with Crippen LogP contribution in [0.2, 0.25) is 5.02 Å². The lowest BCUT2D eigenvalue weighted by Crippen LogP contribution is -2.39. The SMILES string of the molecule is NC(=O)[C@@H]1CC(C(=O)OCc2cccc(Cl)c2)=NN1c1ccc(F)cc1. The molecule has 0 aliphatic carbocycles. The summed E-state index contributed by atoms with van der Waals surface area (Å²) in [6.07, 6.45) is 0.0150. The van der Waals surface area contributed by atoms with Crippen LogP contribution in [0.4, 0.5) is 10.1 Å². The molecule has 0 unspecified atom stereocenters. The molecule has 0 spiro atoms. The van der Waals surface area contributed by atoms with E-state index in [-0.39, 0.29) is 18.7 Å². The van der Waals surface area contributed by atoms with E-state index in [0.29, 0.717) is 10.7 Å². The average molecular weight is 376 g/mol. The van der Waals surface area contributed by atoms with Crippen LogP contribution >= 0.6 is 11.6 Å². The quantitative estimate of drug-likeness (QED) is 0.814. The zero-order chi connectivity index (χ0) is 18.7. The van der Waals surface area contributed by atoms with E-state index in [1.54, 1.807) is 24.3 Å². The van der Waals surface area contributed by atoms with Gasteiger partial charge in [0.05, 0.1) is 5.69 Å². The molecule has 0 bridgehead atoms. The van der Waals surface area contributed by atoms with Gasteiger partial charge in [0.2, 0.25) is 5.91 Å².